The van der Waals surface area contributed by atoms with Gasteiger partial charge in [-0.05, 0) is 6.42 Å². The molecule has 1 atom stereocenters. The first-order valence-electron chi connectivity index (χ1n) is 6.75. The lowest BCUT2D eigenvalue weighted by Crippen LogP contribution is -2.48. The Bertz CT molecular complexity index is 514. The number of hydrogen-bond acceptors (Lipinski definition) is 4. The number of nitrogens with zero attached hydrogens (tertiary/aromatic N) is 2. The number of carbonyl (C=O) groups is 2. The standard InChI is InChI=1S/C13H18F3N3O3/c1-3-4-5-22-11(20)10(18-12(21)13(14,15)16)6-9-7-19(2)8-17-9/h7-8,10H,3-6H2,1-2H3,(H,18,21)/t10-/m0/s1. The van der Waals surface area contributed by atoms with Gasteiger partial charge in [-0.15, -0.1) is 0 Å². The van der Waals surface area contributed by atoms with Crippen LogP contribution in [0.2, 0.25) is 0 Å². The Balaban J connectivity index is 2.75. The zero-order valence-corrected chi connectivity index (χ0v) is 12.3. The number of rotatable bonds is 7. The van der Waals surface area contributed by atoms with Crippen LogP contribution in [-0.2, 0) is 27.8 Å². The van der Waals surface area contributed by atoms with Gasteiger partial charge in [0, 0.05) is 19.7 Å². The Kier molecular flexibility index (Phi) is 6.39. The first-order valence-corrected chi connectivity index (χ1v) is 6.75. The van der Waals surface area contributed by atoms with E-state index in [1.165, 1.54) is 6.33 Å². The summed E-state index contributed by atoms with van der Waals surface area (Å²) in [5.41, 5.74) is 0.377. The number of halogens is 3. The zero-order chi connectivity index (χ0) is 16.8. The van der Waals surface area contributed by atoms with Crippen LogP contribution in [-0.4, -0.2) is 40.3 Å². The molecule has 1 aromatic rings. The van der Waals surface area contributed by atoms with Crippen molar-refractivity contribution in [2.45, 2.75) is 38.4 Å². The lowest BCUT2D eigenvalue weighted by molar-refractivity contribution is -0.175. The summed E-state index contributed by atoms with van der Waals surface area (Å²) in [6, 6.07) is -1.43. The van der Waals surface area contributed by atoms with E-state index in [1.807, 2.05) is 6.92 Å². The smallest absolute Gasteiger partial charge is 0.464 e. The van der Waals surface area contributed by atoms with Crippen molar-refractivity contribution in [2.24, 2.45) is 7.05 Å². The highest BCUT2D eigenvalue weighted by Gasteiger charge is 2.41. The highest BCUT2D eigenvalue weighted by atomic mass is 19.4. The van der Waals surface area contributed by atoms with Gasteiger partial charge in [0.1, 0.15) is 6.04 Å². The van der Waals surface area contributed by atoms with E-state index in [0.29, 0.717) is 12.1 Å². The van der Waals surface area contributed by atoms with Crippen molar-refractivity contribution in [2.75, 3.05) is 6.61 Å². The molecule has 6 nitrogen and oxygen atoms in total. The summed E-state index contributed by atoms with van der Waals surface area (Å²) in [6.07, 6.45) is -0.880. The van der Waals surface area contributed by atoms with Crippen LogP contribution in [0.15, 0.2) is 12.5 Å². The molecule has 1 amide bonds. The van der Waals surface area contributed by atoms with Crippen LogP contribution in [0.1, 0.15) is 25.5 Å². The average Bonchev–Trinajstić information content (AvgIpc) is 2.82. The van der Waals surface area contributed by atoms with Gasteiger partial charge in [0.15, 0.2) is 0 Å². The van der Waals surface area contributed by atoms with Crippen LogP contribution in [0.25, 0.3) is 0 Å². The highest BCUT2D eigenvalue weighted by molar-refractivity contribution is 5.87. The summed E-state index contributed by atoms with van der Waals surface area (Å²) in [6.45, 7) is 1.97. The third-order valence-electron chi connectivity index (χ3n) is 2.76. The molecule has 1 aromatic heterocycles. The Hall–Kier alpha value is -2.06. The minimum atomic E-state index is -5.06. The second-order valence-electron chi connectivity index (χ2n) is 4.78. The molecule has 0 aliphatic heterocycles. The van der Waals surface area contributed by atoms with Crippen molar-refractivity contribution in [3.63, 3.8) is 0 Å². The molecule has 0 aliphatic rings. The van der Waals surface area contributed by atoms with Crippen molar-refractivity contribution in [1.82, 2.24) is 14.9 Å². The summed E-state index contributed by atoms with van der Waals surface area (Å²) < 4.78 is 43.5. The van der Waals surface area contributed by atoms with Gasteiger partial charge in [-0.25, -0.2) is 9.78 Å². The van der Waals surface area contributed by atoms with Crippen molar-refractivity contribution in [3.05, 3.63) is 18.2 Å². The molecule has 0 spiro atoms. The Morgan fingerprint density at radius 1 is 1.45 bits per heavy atom. The lowest BCUT2D eigenvalue weighted by atomic mass is 10.1. The van der Waals surface area contributed by atoms with Gasteiger partial charge in [-0.3, -0.25) is 4.79 Å². The van der Waals surface area contributed by atoms with Crippen molar-refractivity contribution >= 4 is 11.9 Å². The third kappa shape index (κ3) is 5.74. The SMILES string of the molecule is CCCCOC(=O)[C@H](Cc1cn(C)cn1)NC(=O)C(F)(F)F. The number of unbranched alkanes of at least 4 members (excludes halogenated alkanes) is 1. The van der Waals surface area contributed by atoms with Gasteiger partial charge in [0.25, 0.3) is 0 Å². The number of esters is 1. The molecular weight excluding hydrogens is 303 g/mol. The average molecular weight is 321 g/mol. The molecule has 22 heavy (non-hydrogen) atoms. The first-order chi connectivity index (χ1) is 10.2. The Morgan fingerprint density at radius 3 is 2.64 bits per heavy atom. The van der Waals surface area contributed by atoms with Gasteiger partial charge < -0.3 is 14.6 Å². The van der Waals surface area contributed by atoms with Gasteiger partial charge >= 0.3 is 18.1 Å². The topological polar surface area (TPSA) is 73.2 Å². The molecule has 1 N–H and O–H groups in total. The molecule has 1 heterocycles. The second kappa shape index (κ2) is 7.81. The predicted molar refractivity (Wildman–Crippen MR) is 70.8 cm³/mol. The Morgan fingerprint density at radius 2 is 2.14 bits per heavy atom. The number of ether oxygens (including phenoxy) is 1. The van der Waals surface area contributed by atoms with Crippen LogP contribution in [0, 0.1) is 0 Å². The molecule has 0 bridgehead atoms. The Labute approximate surface area is 125 Å². The summed E-state index contributed by atoms with van der Waals surface area (Å²) >= 11 is 0. The van der Waals surface area contributed by atoms with Crippen molar-refractivity contribution < 1.29 is 27.5 Å². The maximum absolute atomic E-state index is 12.3. The summed E-state index contributed by atoms with van der Waals surface area (Å²) in [4.78, 5) is 26.8. The van der Waals surface area contributed by atoms with E-state index in [-0.39, 0.29) is 13.0 Å². The van der Waals surface area contributed by atoms with Gasteiger partial charge in [-0.2, -0.15) is 13.2 Å². The molecule has 9 heteroatoms. The zero-order valence-electron chi connectivity index (χ0n) is 12.3. The fourth-order valence-corrected chi connectivity index (χ4v) is 1.63. The third-order valence-corrected chi connectivity index (χ3v) is 2.76. The first kappa shape index (κ1) is 18.0. The van der Waals surface area contributed by atoms with Crippen molar-refractivity contribution in [3.8, 4) is 0 Å². The highest BCUT2D eigenvalue weighted by Crippen LogP contribution is 2.15. The van der Waals surface area contributed by atoms with E-state index in [2.05, 4.69) is 4.98 Å². The fourth-order valence-electron chi connectivity index (χ4n) is 1.63. The number of alkyl halides is 3. The van der Waals surface area contributed by atoms with Crippen LogP contribution in [0.3, 0.4) is 0 Å². The van der Waals surface area contributed by atoms with E-state index in [0.717, 1.165) is 6.42 Å². The lowest BCUT2D eigenvalue weighted by Gasteiger charge is -2.17. The minimum absolute atomic E-state index is 0.0932. The number of nitrogens with one attached hydrogen (secondary N) is 1. The molecule has 0 unspecified atom stereocenters. The molecular formula is C13H18F3N3O3. The molecule has 0 saturated carbocycles. The van der Waals surface area contributed by atoms with Crippen LogP contribution in [0.5, 0.6) is 0 Å². The van der Waals surface area contributed by atoms with Gasteiger partial charge in [0.2, 0.25) is 0 Å². The molecule has 124 valence electrons. The van der Waals surface area contributed by atoms with E-state index >= 15 is 0 Å². The summed E-state index contributed by atoms with van der Waals surface area (Å²) in [5.74, 6) is -3.09. The number of amides is 1. The van der Waals surface area contributed by atoms with Crippen molar-refractivity contribution in [1.29, 1.82) is 0 Å². The maximum Gasteiger partial charge on any atom is 0.471 e. The fraction of sp³-hybridized carbons (Fsp3) is 0.615. The molecule has 0 saturated heterocycles. The van der Waals surface area contributed by atoms with E-state index in [1.54, 1.807) is 23.1 Å². The number of hydrogen-bond donors (Lipinski definition) is 1. The van der Waals surface area contributed by atoms with Crippen LogP contribution in [0.4, 0.5) is 13.2 Å². The molecule has 0 aliphatic carbocycles. The molecule has 1 rings (SSSR count). The monoisotopic (exact) mass is 321 g/mol. The van der Waals surface area contributed by atoms with Gasteiger partial charge in [-0.1, -0.05) is 13.3 Å². The number of imidazole rings is 1. The largest absolute Gasteiger partial charge is 0.471 e. The quantitative estimate of drug-likeness (QED) is 0.608. The summed E-state index contributed by atoms with van der Waals surface area (Å²) in [7, 11) is 1.68. The summed E-state index contributed by atoms with van der Waals surface area (Å²) in [5, 5.41) is 1.65. The maximum atomic E-state index is 12.3. The van der Waals surface area contributed by atoms with Crippen LogP contribution >= 0.6 is 0 Å². The van der Waals surface area contributed by atoms with Crippen LogP contribution < -0.4 is 5.32 Å². The van der Waals surface area contributed by atoms with E-state index in [4.69, 9.17) is 4.74 Å². The molecule has 0 radical (unpaired) electrons. The number of carbonyl (C=O) groups excluding carboxylic acids is 2. The number of aromatic nitrogens is 2. The normalized spacial score (nSPS) is 12.8. The van der Waals surface area contributed by atoms with E-state index < -0.39 is 24.1 Å². The minimum Gasteiger partial charge on any atom is -0.464 e. The second-order valence-corrected chi connectivity index (χ2v) is 4.78. The molecule has 0 aromatic carbocycles. The van der Waals surface area contributed by atoms with Gasteiger partial charge in [0.05, 0.1) is 18.6 Å². The molecule has 0 fully saturated rings. The van der Waals surface area contributed by atoms with E-state index in [9.17, 15) is 22.8 Å². The predicted octanol–water partition coefficient (Wildman–Crippen LogP) is 1.35. The number of aryl methyl sites for hydroxylation is 1.